The number of β-amino-alcohol motifs (C(OH)–C–C–N with tert-alkyl or cyclic N) is 1. The van der Waals surface area contributed by atoms with Gasteiger partial charge in [0.2, 0.25) is 5.89 Å². The average molecular weight is 377 g/mol. The molecule has 1 aromatic carbocycles. The van der Waals surface area contributed by atoms with Crippen molar-refractivity contribution in [2.75, 3.05) is 13.1 Å². The van der Waals surface area contributed by atoms with E-state index in [-0.39, 0.29) is 23.8 Å². The highest BCUT2D eigenvalue weighted by atomic mass is 35.5. The van der Waals surface area contributed by atoms with Crippen LogP contribution in [-0.2, 0) is 0 Å². The van der Waals surface area contributed by atoms with Crippen molar-refractivity contribution in [1.29, 1.82) is 0 Å². The molecule has 0 bridgehead atoms. The summed E-state index contributed by atoms with van der Waals surface area (Å²) in [7, 11) is 0. The van der Waals surface area contributed by atoms with Crippen LogP contribution >= 0.6 is 11.6 Å². The number of likely N-dealkylation sites (tertiary alicyclic amines) is 1. The Kier molecular flexibility index (Phi) is 4.93. The summed E-state index contributed by atoms with van der Waals surface area (Å²) in [5.74, 6) is 0.224. The largest absolute Gasteiger partial charge is 0.387 e. The van der Waals surface area contributed by atoms with Gasteiger partial charge in [-0.2, -0.15) is 4.98 Å². The second-order valence-corrected chi connectivity index (χ2v) is 7.36. The number of hydrogen-bond donors (Lipinski definition) is 2. The minimum atomic E-state index is -0.658. The SMILES string of the molecule is O=C(NC1CC1)c1noc([C@H]2CCCN2C[C@H](O)c2cccc(Cl)c2)n1. The van der Waals surface area contributed by atoms with Crippen LogP contribution in [0, 0.1) is 0 Å². The van der Waals surface area contributed by atoms with Crippen molar-refractivity contribution in [1.82, 2.24) is 20.4 Å². The van der Waals surface area contributed by atoms with Crippen LogP contribution < -0.4 is 5.32 Å². The molecule has 2 fully saturated rings. The van der Waals surface area contributed by atoms with Crippen molar-refractivity contribution in [2.24, 2.45) is 0 Å². The highest BCUT2D eigenvalue weighted by molar-refractivity contribution is 6.30. The smallest absolute Gasteiger partial charge is 0.292 e. The summed E-state index contributed by atoms with van der Waals surface area (Å²) >= 11 is 6.01. The van der Waals surface area contributed by atoms with Crippen molar-refractivity contribution in [3.63, 3.8) is 0 Å². The molecular formula is C18H21ClN4O3. The quantitative estimate of drug-likeness (QED) is 0.804. The van der Waals surface area contributed by atoms with E-state index in [9.17, 15) is 9.90 Å². The summed E-state index contributed by atoms with van der Waals surface area (Å²) < 4.78 is 5.34. The van der Waals surface area contributed by atoms with Crippen molar-refractivity contribution < 1.29 is 14.4 Å². The van der Waals surface area contributed by atoms with Crippen LogP contribution in [0.3, 0.4) is 0 Å². The second kappa shape index (κ2) is 7.34. The number of aromatic nitrogens is 2. The molecule has 7 nitrogen and oxygen atoms in total. The van der Waals surface area contributed by atoms with Gasteiger partial charge in [-0.25, -0.2) is 0 Å². The number of carbonyl (C=O) groups is 1. The number of benzene rings is 1. The molecule has 2 aliphatic rings. The maximum atomic E-state index is 12.0. The predicted octanol–water partition coefficient (Wildman–Crippen LogP) is 2.49. The van der Waals surface area contributed by atoms with Crippen LogP contribution in [0.4, 0.5) is 0 Å². The first kappa shape index (κ1) is 17.5. The van der Waals surface area contributed by atoms with E-state index in [2.05, 4.69) is 20.4 Å². The number of halogens is 1. The molecule has 1 amide bonds. The third-order valence-corrected chi connectivity index (χ3v) is 5.08. The van der Waals surface area contributed by atoms with E-state index in [0.717, 1.165) is 37.8 Å². The van der Waals surface area contributed by atoms with Gasteiger partial charge >= 0.3 is 0 Å². The zero-order chi connectivity index (χ0) is 18.1. The lowest BCUT2D eigenvalue weighted by Crippen LogP contribution is -2.29. The van der Waals surface area contributed by atoms with Gasteiger partial charge < -0.3 is 14.9 Å². The monoisotopic (exact) mass is 376 g/mol. The summed E-state index contributed by atoms with van der Waals surface area (Å²) in [5, 5.41) is 17.8. The van der Waals surface area contributed by atoms with Crippen LogP contribution in [0.1, 0.15) is 59.9 Å². The van der Waals surface area contributed by atoms with E-state index in [1.807, 2.05) is 12.1 Å². The fraction of sp³-hybridized carbons (Fsp3) is 0.500. The maximum Gasteiger partial charge on any atom is 0.292 e. The Balaban J connectivity index is 1.43. The minimum absolute atomic E-state index is 0.0779. The molecule has 4 rings (SSSR count). The molecule has 26 heavy (non-hydrogen) atoms. The van der Waals surface area contributed by atoms with Gasteiger partial charge in [-0.05, 0) is 49.9 Å². The Labute approximate surface area is 156 Å². The topological polar surface area (TPSA) is 91.5 Å². The zero-order valence-corrected chi connectivity index (χ0v) is 15.0. The van der Waals surface area contributed by atoms with Crippen LogP contribution in [0.15, 0.2) is 28.8 Å². The van der Waals surface area contributed by atoms with E-state index in [1.54, 1.807) is 12.1 Å². The standard InChI is InChI=1S/C18H21ClN4O3/c19-12-4-1-3-11(9-12)15(24)10-23-8-2-5-14(23)18-21-16(22-26-18)17(25)20-13-6-7-13/h1,3-4,9,13-15,24H,2,5-8,10H2,(H,20,25)/t14-,15+/m1/s1. The first-order valence-electron chi connectivity index (χ1n) is 8.92. The number of nitrogens with zero attached hydrogens (tertiary/aromatic N) is 3. The highest BCUT2D eigenvalue weighted by Gasteiger charge is 2.33. The summed E-state index contributed by atoms with van der Waals surface area (Å²) in [6, 6.07) is 7.40. The highest BCUT2D eigenvalue weighted by Crippen LogP contribution is 2.33. The van der Waals surface area contributed by atoms with Crippen LogP contribution in [-0.4, -0.2) is 45.2 Å². The average Bonchev–Trinajstić information content (AvgIpc) is 3.10. The Hall–Kier alpha value is -1.96. The molecule has 2 atom stereocenters. The number of nitrogens with one attached hydrogen (secondary N) is 1. The van der Waals surface area contributed by atoms with E-state index in [0.29, 0.717) is 17.5 Å². The third-order valence-electron chi connectivity index (χ3n) is 4.85. The molecule has 2 heterocycles. The normalized spacial score (nSPS) is 21.7. The maximum absolute atomic E-state index is 12.0. The van der Waals surface area contributed by atoms with E-state index in [4.69, 9.17) is 16.1 Å². The molecule has 1 aliphatic heterocycles. The van der Waals surface area contributed by atoms with Gasteiger partial charge in [0.25, 0.3) is 11.7 Å². The van der Waals surface area contributed by atoms with Gasteiger partial charge in [0.15, 0.2) is 0 Å². The van der Waals surface area contributed by atoms with Crippen molar-refractivity contribution in [3.05, 3.63) is 46.6 Å². The minimum Gasteiger partial charge on any atom is -0.387 e. The Morgan fingerprint density at radius 2 is 2.27 bits per heavy atom. The fourth-order valence-electron chi connectivity index (χ4n) is 3.31. The molecule has 1 aliphatic carbocycles. The van der Waals surface area contributed by atoms with Crippen molar-refractivity contribution in [3.8, 4) is 0 Å². The molecule has 0 radical (unpaired) electrons. The summed E-state index contributed by atoms with van der Waals surface area (Å²) in [5.41, 5.74) is 0.776. The van der Waals surface area contributed by atoms with Crippen molar-refractivity contribution in [2.45, 2.75) is 43.9 Å². The number of amides is 1. The van der Waals surface area contributed by atoms with E-state index < -0.39 is 6.10 Å². The van der Waals surface area contributed by atoms with Gasteiger partial charge in [-0.1, -0.05) is 28.9 Å². The van der Waals surface area contributed by atoms with E-state index >= 15 is 0 Å². The molecule has 2 aromatic rings. The van der Waals surface area contributed by atoms with Gasteiger partial charge in [0.1, 0.15) is 0 Å². The van der Waals surface area contributed by atoms with Crippen LogP contribution in [0.5, 0.6) is 0 Å². The van der Waals surface area contributed by atoms with Gasteiger partial charge in [-0.3, -0.25) is 9.69 Å². The molecular weight excluding hydrogens is 356 g/mol. The summed E-state index contributed by atoms with van der Waals surface area (Å²) in [6.07, 6.45) is 3.19. The number of aliphatic hydroxyl groups is 1. The summed E-state index contributed by atoms with van der Waals surface area (Å²) in [4.78, 5) is 18.4. The predicted molar refractivity (Wildman–Crippen MR) is 94.7 cm³/mol. The van der Waals surface area contributed by atoms with E-state index in [1.165, 1.54) is 0 Å². The first-order valence-corrected chi connectivity index (χ1v) is 9.30. The van der Waals surface area contributed by atoms with Crippen LogP contribution in [0.25, 0.3) is 0 Å². The zero-order valence-electron chi connectivity index (χ0n) is 14.3. The number of rotatable bonds is 6. The lowest BCUT2D eigenvalue weighted by atomic mass is 10.1. The molecule has 0 spiro atoms. The van der Waals surface area contributed by atoms with Gasteiger partial charge in [-0.15, -0.1) is 0 Å². The molecule has 1 saturated carbocycles. The fourth-order valence-corrected chi connectivity index (χ4v) is 3.50. The second-order valence-electron chi connectivity index (χ2n) is 6.93. The molecule has 8 heteroatoms. The Bertz CT molecular complexity index is 792. The third kappa shape index (κ3) is 3.90. The molecule has 2 N–H and O–H groups in total. The van der Waals surface area contributed by atoms with Gasteiger partial charge in [0.05, 0.1) is 12.1 Å². The lowest BCUT2D eigenvalue weighted by molar-refractivity contribution is 0.0937. The lowest BCUT2D eigenvalue weighted by Gasteiger charge is -2.24. The first-order chi connectivity index (χ1) is 12.6. The molecule has 1 saturated heterocycles. The Morgan fingerprint density at radius 1 is 1.42 bits per heavy atom. The summed E-state index contributed by atoms with van der Waals surface area (Å²) in [6.45, 7) is 1.27. The number of hydrogen-bond acceptors (Lipinski definition) is 6. The molecule has 0 unspecified atom stereocenters. The number of aliphatic hydroxyl groups excluding tert-OH is 1. The molecule has 138 valence electrons. The van der Waals surface area contributed by atoms with Gasteiger partial charge in [0, 0.05) is 17.6 Å². The number of carbonyl (C=O) groups excluding carboxylic acids is 1. The Morgan fingerprint density at radius 3 is 3.04 bits per heavy atom. The van der Waals surface area contributed by atoms with Crippen LogP contribution in [0.2, 0.25) is 5.02 Å². The van der Waals surface area contributed by atoms with Crippen molar-refractivity contribution >= 4 is 17.5 Å². The molecule has 1 aromatic heterocycles.